The van der Waals surface area contributed by atoms with Gasteiger partial charge in [-0.2, -0.15) is 0 Å². The van der Waals surface area contributed by atoms with Crippen LogP contribution in [0.5, 0.6) is 0 Å². The van der Waals surface area contributed by atoms with Gasteiger partial charge in [0.25, 0.3) is 0 Å². The summed E-state index contributed by atoms with van der Waals surface area (Å²) in [4.78, 5) is 0. The Labute approximate surface area is 163 Å². The van der Waals surface area contributed by atoms with Crippen molar-refractivity contribution in [3.8, 4) is 0 Å². The molecule has 0 saturated heterocycles. The lowest BCUT2D eigenvalue weighted by molar-refractivity contribution is 0.148. The second-order valence-electron chi connectivity index (χ2n) is 6.53. The Balaban J connectivity index is 4.66. The lowest BCUT2D eigenvalue weighted by Crippen LogP contribution is -2.32. The number of unbranched alkanes of at least 4 members (excludes halogenated alkanes) is 2. The Hall–Kier alpha value is 1.05. The lowest BCUT2D eigenvalue weighted by atomic mass is 10.4. The van der Waals surface area contributed by atoms with Crippen LogP contribution in [0.15, 0.2) is 0 Å². The molecule has 0 rings (SSSR count). The number of hydrogen-bond acceptors (Lipinski definition) is 4. The summed E-state index contributed by atoms with van der Waals surface area (Å²) < 4.78 is 12.6. The summed E-state index contributed by atoms with van der Waals surface area (Å²) in [6.45, 7) is 15.8. The maximum Gasteiger partial charge on any atom is 0.0980 e. The molecule has 0 heterocycles. The van der Waals surface area contributed by atoms with Crippen molar-refractivity contribution in [2.45, 2.75) is 102 Å². The van der Waals surface area contributed by atoms with Gasteiger partial charge in [0.05, 0.1) is 27.7 Å². The zero-order valence-corrected chi connectivity index (χ0v) is 21.0. The zero-order chi connectivity index (χ0) is 18.2. The zero-order valence-electron chi connectivity index (χ0n) is 17.0. The van der Waals surface area contributed by atoms with Crippen LogP contribution >= 0.6 is 21.6 Å². The smallest absolute Gasteiger partial charge is 0.0980 e. The summed E-state index contributed by atoms with van der Waals surface area (Å²) in [6.07, 6.45) is 4.82. The van der Waals surface area contributed by atoms with Crippen molar-refractivity contribution in [1.82, 2.24) is 0 Å². The Morgan fingerprint density at radius 3 is 1.21 bits per heavy atom. The molecule has 0 spiro atoms. The predicted molar refractivity (Wildman–Crippen MR) is 121 cm³/mol. The fourth-order valence-corrected chi connectivity index (χ4v) is 15.2. The molecule has 146 valence electrons. The lowest BCUT2D eigenvalue weighted by Gasteiger charge is -2.28. The first kappa shape index (κ1) is 25.1. The molecule has 0 bridgehead atoms. The van der Waals surface area contributed by atoms with E-state index in [-0.39, 0.29) is 0 Å². The molecule has 0 aliphatic rings. The molecule has 0 aliphatic carbocycles. The molecule has 2 atom stereocenters. The van der Waals surface area contributed by atoms with Gasteiger partial charge in [0.15, 0.2) is 0 Å². The number of ether oxygens (including phenoxy) is 2. The molecular weight excluding hydrogens is 369 g/mol. The summed E-state index contributed by atoms with van der Waals surface area (Å²) in [7, 11) is 2.42. The molecule has 0 radical (unpaired) electrons. The molecule has 6 heteroatoms. The van der Waals surface area contributed by atoms with Gasteiger partial charge < -0.3 is 9.47 Å². The van der Waals surface area contributed by atoms with Gasteiger partial charge in [0, 0.05) is 13.2 Å². The van der Waals surface area contributed by atoms with E-state index in [0.29, 0.717) is 10.1 Å². The van der Waals surface area contributed by atoms with E-state index in [1.54, 1.807) is 0 Å². The third kappa shape index (κ3) is 10.9. The monoisotopic (exact) mass is 410 g/mol. The van der Waals surface area contributed by atoms with Crippen LogP contribution < -0.4 is 0 Å². The standard InChI is InChI=1S/C18H42O2S2Si2/c1-7-13-15-19-17(23(9-3)10-4)21-22-18(20-16-14-8-2)24(11-5)12-6/h17-18,23-24H,7-16H2,1-6H3. The number of hydrogen-bond donors (Lipinski definition) is 0. The first-order valence-electron chi connectivity index (χ1n) is 10.2. The molecule has 0 aromatic heterocycles. The molecule has 0 amide bonds. The third-order valence-corrected chi connectivity index (χ3v) is 17.3. The largest absolute Gasteiger partial charge is 0.371 e. The Bertz CT molecular complexity index is 239. The van der Waals surface area contributed by atoms with Crippen molar-refractivity contribution in [3.05, 3.63) is 0 Å². The minimum atomic E-state index is -0.811. The van der Waals surface area contributed by atoms with Crippen molar-refractivity contribution >= 4 is 39.2 Å². The van der Waals surface area contributed by atoms with Gasteiger partial charge in [-0.05, 0) is 12.8 Å². The van der Waals surface area contributed by atoms with Crippen LogP contribution in [-0.4, -0.2) is 40.9 Å². The van der Waals surface area contributed by atoms with Gasteiger partial charge >= 0.3 is 0 Å². The minimum absolute atomic E-state index is 0.456. The topological polar surface area (TPSA) is 18.5 Å². The SMILES string of the molecule is CCCCOC(SSC(OCCCC)[SiH](CC)CC)[SiH](CC)CC. The van der Waals surface area contributed by atoms with Crippen LogP contribution in [0, 0.1) is 0 Å². The molecule has 0 N–H and O–H groups in total. The van der Waals surface area contributed by atoms with Crippen molar-refractivity contribution in [3.63, 3.8) is 0 Å². The van der Waals surface area contributed by atoms with E-state index in [0.717, 1.165) is 13.2 Å². The van der Waals surface area contributed by atoms with Crippen LogP contribution in [0.3, 0.4) is 0 Å². The molecule has 0 aromatic rings. The van der Waals surface area contributed by atoms with Crippen LogP contribution in [0.2, 0.25) is 24.2 Å². The molecule has 2 unspecified atom stereocenters. The Morgan fingerprint density at radius 1 is 0.625 bits per heavy atom. The first-order chi connectivity index (χ1) is 11.7. The second kappa shape index (κ2) is 17.5. The average Bonchev–Trinajstić information content (AvgIpc) is 2.60. The second-order valence-corrected chi connectivity index (χ2v) is 17.5. The van der Waals surface area contributed by atoms with E-state index in [2.05, 4.69) is 41.5 Å². The minimum Gasteiger partial charge on any atom is -0.371 e. The van der Waals surface area contributed by atoms with Crippen molar-refractivity contribution in [2.75, 3.05) is 13.2 Å². The quantitative estimate of drug-likeness (QED) is 0.122. The van der Waals surface area contributed by atoms with E-state index in [9.17, 15) is 0 Å². The van der Waals surface area contributed by atoms with Gasteiger partial charge in [-0.1, -0.05) is 100 Å². The highest BCUT2D eigenvalue weighted by atomic mass is 33.1. The highest BCUT2D eigenvalue weighted by Crippen LogP contribution is 2.37. The van der Waals surface area contributed by atoms with Crippen LogP contribution in [0.4, 0.5) is 0 Å². The molecule has 2 nitrogen and oxygen atoms in total. The fourth-order valence-electron chi connectivity index (χ4n) is 2.63. The molecule has 0 aliphatic heterocycles. The fraction of sp³-hybridized carbons (Fsp3) is 1.00. The molecular formula is C18H42O2S2Si2. The van der Waals surface area contributed by atoms with E-state index in [4.69, 9.17) is 9.47 Å². The van der Waals surface area contributed by atoms with E-state index in [1.165, 1.54) is 49.9 Å². The van der Waals surface area contributed by atoms with Crippen LogP contribution in [-0.2, 0) is 9.47 Å². The van der Waals surface area contributed by atoms with Crippen molar-refractivity contribution in [2.24, 2.45) is 0 Å². The van der Waals surface area contributed by atoms with Gasteiger partial charge in [0.2, 0.25) is 0 Å². The van der Waals surface area contributed by atoms with Gasteiger partial charge in [0.1, 0.15) is 0 Å². The van der Waals surface area contributed by atoms with E-state index in [1.807, 2.05) is 21.6 Å². The van der Waals surface area contributed by atoms with E-state index < -0.39 is 17.6 Å². The highest BCUT2D eigenvalue weighted by molar-refractivity contribution is 8.77. The average molecular weight is 411 g/mol. The maximum absolute atomic E-state index is 6.31. The molecule has 24 heavy (non-hydrogen) atoms. The van der Waals surface area contributed by atoms with Gasteiger partial charge in [-0.3, -0.25) is 0 Å². The summed E-state index contributed by atoms with van der Waals surface area (Å²) in [5, 5.41) is 0.911. The molecule has 0 aromatic carbocycles. The third-order valence-electron chi connectivity index (χ3n) is 4.67. The summed E-state index contributed by atoms with van der Waals surface area (Å²) >= 11 is 0. The predicted octanol–water partition coefficient (Wildman–Crippen LogP) is 6.27. The van der Waals surface area contributed by atoms with E-state index >= 15 is 0 Å². The number of rotatable bonds is 17. The van der Waals surface area contributed by atoms with Crippen molar-refractivity contribution in [1.29, 1.82) is 0 Å². The van der Waals surface area contributed by atoms with Crippen molar-refractivity contribution < 1.29 is 9.47 Å². The molecule has 0 fully saturated rings. The Kier molecular flexibility index (Phi) is 18.2. The first-order valence-corrected chi connectivity index (χ1v) is 17.1. The highest BCUT2D eigenvalue weighted by Gasteiger charge is 2.27. The Morgan fingerprint density at radius 2 is 0.958 bits per heavy atom. The van der Waals surface area contributed by atoms with Gasteiger partial charge in [-0.15, -0.1) is 0 Å². The normalized spacial score (nSPS) is 14.5. The van der Waals surface area contributed by atoms with Crippen LogP contribution in [0.1, 0.15) is 67.2 Å². The summed E-state index contributed by atoms with van der Waals surface area (Å²) in [5.41, 5.74) is 0. The van der Waals surface area contributed by atoms with Gasteiger partial charge in [-0.25, -0.2) is 0 Å². The maximum atomic E-state index is 6.31. The summed E-state index contributed by atoms with van der Waals surface area (Å²) in [5.74, 6) is 0. The molecule has 0 saturated carbocycles. The summed E-state index contributed by atoms with van der Waals surface area (Å²) in [6, 6.07) is 5.35. The van der Waals surface area contributed by atoms with Crippen LogP contribution in [0.25, 0.3) is 0 Å².